The van der Waals surface area contributed by atoms with Crippen LogP contribution in [0.3, 0.4) is 0 Å². The van der Waals surface area contributed by atoms with E-state index >= 15 is 0 Å². The fourth-order valence-electron chi connectivity index (χ4n) is 3.53. The van der Waals surface area contributed by atoms with Gasteiger partial charge in [0.25, 0.3) is 0 Å². The summed E-state index contributed by atoms with van der Waals surface area (Å²) >= 11 is 0. The number of ether oxygens (including phenoxy) is 2. The van der Waals surface area contributed by atoms with Gasteiger partial charge in [-0.2, -0.15) is 0 Å². The lowest BCUT2D eigenvalue weighted by Gasteiger charge is -2.30. The molecule has 0 aromatic heterocycles. The largest absolute Gasteiger partial charge is 0.459 e. The van der Waals surface area contributed by atoms with Gasteiger partial charge in [0.1, 0.15) is 11.5 Å². The normalized spacial score (nSPS) is 15.7. The molecule has 1 aliphatic rings. The van der Waals surface area contributed by atoms with Gasteiger partial charge in [0.15, 0.2) is 0 Å². The monoisotopic (exact) mass is 428 g/mol. The van der Waals surface area contributed by atoms with Crippen LogP contribution < -0.4 is 15.4 Å². The molecule has 4 rings (SSSR count). The molecule has 0 aliphatic carbocycles. The van der Waals surface area contributed by atoms with E-state index in [1.165, 1.54) is 0 Å². The number of para-hydroxylation sites is 1. The van der Waals surface area contributed by atoms with Gasteiger partial charge in [0.2, 0.25) is 0 Å². The van der Waals surface area contributed by atoms with E-state index < -0.39 is 18.0 Å². The molecule has 1 atom stereocenters. The first-order valence-electron chi connectivity index (χ1n) is 10.4. The molecule has 1 aliphatic heterocycles. The van der Waals surface area contributed by atoms with Crippen molar-refractivity contribution in [3.8, 4) is 11.5 Å². The first-order valence-corrected chi connectivity index (χ1v) is 10.4. The number of carbonyl (C=O) groups excluding carboxylic acids is 2. The molecule has 1 heterocycles. The van der Waals surface area contributed by atoms with Crippen LogP contribution in [0.15, 0.2) is 90.5 Å². The SMILES string of the molecule is CC(C)OC(=O)C1=C(c2ccccc2)NC(=O)NC1c1cccc(Oc2ccccc2)c1. The Morgan fingerprint density at radius 1 is 0.875 bits per heavy atom. The standard InChI is InChI=1S/C26H24N2O4/c1-17(2)31-25(29)22-23(18-10-5-3-6-11-18)27-26(30)28-24(22)19-12-9-15-21(16-19)32-20-13-7-4-8-14-20/h3-17,24H,1-2H3,(H2,27,28,30). The van der Waals surface area contributed by atoms with E-state index in [1.54, 1.807) is 13.8 Å². The van der Waals surface area contributed by atoms with E-state index in [0.717, 1.165) is 5.56 Å². The maximum atomic E-state index is 13.2. The lowest BCUT2D eigenvalue weighted by molar-refractivity contribution is -0.143. The van der Waals surface area contributed by atoms with Crippen LogP contribution in [0, 0.1) is 0 Å². The molecule has 2 N–H and O–H groups in total. The van der Waals surface area contributed by atoms with Gasteiger partial charge in [-0.05, 0) is 49.2 Å². The lowest BCUT2D eigenvalue weighted by atomic mass is 9.92. The van der Waals surface area contributed by atoms with Crippen LogP contribution in [0.1, 0.15) is 31.0 Å². The van der Waals surface area contributed by atoms with Crippen LogP contribution in [-0.4, -0.2) is 18.1 Å². The minimum atomic E-state index is -0.704. The number of esters is 1. The smallest absolute Gasteiger partial charge is 0.338 e. The first kappa shape index (κ1) is 21.2. The van der Waals surface area contributed by atoms with Crippen LogP contribution in [0.4, 0.5) is 4.79 Å². The van der Waals surface area contributed by atoms with Gasteiger partial charge < -0.3 is 20.1 Å². The zero-order chi connectivity index (χ0) is 22.5. The second-order valence-electron chi connectivity index (χ2n) is 7.63. The minimum absolute atomic E-state index is 0.307. The highest BCUT2D eigenvalue weighted by Crippen LogP contribution is 2.34. The second kappa shape index (κ2) is 9.39. The van der Waals surface area contributed by atoms with Crippen molar-refractivity contribution < 1.29 is 19.1 Å². The van der Waals surface area contributed by atoms with Crippen LogP contribution in [0.5, 0.6) is 11.5 Å². The maximum Gasteiger partial charge on any atom is 0.338 e. The molecule has 162 valence electrons. The predicted octanol–water partition coefficient (Wildman–Crippen LogP) is 5.20. The molecule has 6 heteroatoms. The number of rotatable bonds is 6. The molecule has 0 bridgehead atoms. The number of urea groups is 1. The molecule has 0 saturated heterocycles. The molecule has 3 aromatic rings. The molecule has 0 radical (unpaired) electrons. The Morgan fingerprint density at radius 3 is 2.22 bits per heavy atom. The van der Waals surface area contributed by atoms with Crippen molar-refractivity contribution in [1.29, 1.82) is 0 Å². The maximum absolute atomic E-state index is 13.2. The van der Waals surface area contributed by atoms with Crippen molar-refractivity contribution in [3.63, 3.8) is 0 Å². The number of carbonyl (C=O) groups is 2. The fraction of sp³-hybridized carbons (Fsp3) is 0.154. The number of hydrogen-bond acceptors (Lipinski definition) is 4. The summed E-state index contributed by atoms with van der Waals surface area (Å²) in [6.45, 7) is 3.58. The predicted molar refractivity (Wildman–Crippen MR) is 122 cm³/mol. The summed E-state index contributed by atoms with van der Waals surface area (Å²) in [6, 6.07) is 24.9. The summed E-state index contributed by atoms with van der Waals surface area (Å²) in [5.74, 6) is 0.795. The van der Waals surface area contributed by atoms with E-state index in [9.17, 15) is 9.59 Å². The summed E-state index contributed by atoms with van der Waals surface area (Å²) in [6.07, 6.45) is -0.307. The number of amides is 2. The van der Waals surface area contributed by atoms with Crippen molar-refractivity contribution in [2.24, 2.45) is 0 Å². The van der Waals surface area contributed by atoms with Crippen LogP contribution >= 0.6 is 0 Å². The van der Waals surface area contributed by atoms with Crippen molar-refractivity contribution in [1.82, 2.24) is 10.6 Å². The van der Waals surface area contributed by atoms with Gasteiger partial charge in [-0.3, -0.25) is 0 Å². The molecule has 1 unspecified atom stereocenters. The molecule has 0 fully saturated rings. The molecular formula is C26H24N2O4. The van der Waals surface area contributed by atoms with Crippen molar-refractivity contribution in [2.75, 3.05) is 0 Å². The third-order valence-corrected chi connectivity index (χ3v) is 4.87. The van der Waals surface area contributed by atoms with Crippen LogP contribution in [-0.2, 0) is 9.53 Å². The quantitative estimate of drug-likeness (QED) is 0.530. The summed E-state index contributed by atoms with van der Waals surface area (Å²) in [5, 5.41) is 5.65. The average Bonchev–Trinajstić information content (AvgIpc) is 2.79. The Bertz CT molecular complexity index is 1140. The summed E-state index contributed by atoms with van der Waals surface area (Å²) in [7, 11) is 0. The van der Waals surface area contributed by atoms with Gasteiger partial charge in [-0.1, -0.05) is 60.7 Å². The topological polar surface area (TPSA) is 76.7 Å². The van der Waals surface area contributed by atoms with Crippen molar-refractivity contribution in [2.45, 2.75) is 26.0 Å². The van der Waals surface area contributed by atoms with Gasteiger partial charge >= 0.3 is 12.0 Å². The van der Waals surface area contributed by atoms with Crippen LogP contribution in [0.2, 0.25) is 0 Å². The molecule has 32 heavy (non-hydrogen) atoms. The minimum Gasteiger partial charge on any atom is -0.459 e. The Balaban J connectivity index is 1.78. The molecular weight excluding hydrogens is 404 g/mol. The van der Waals surface area contributed by atoms with Gasteiger partial charge in [-0.15, -0.1) is 0 Å². The zero-order valence-electron chi connectivity index (χ0n) is 17.9. The number of benzene rings is 3. The Kier molecular flexibility index (Phi) is 6.22. The van der Waals surface area contributed by atoms with Gasteiger partial charge in [0.05, 0.1) is 23.4 Å². The number of hydrogen-bond donors (Lipinski definition) is 2. The Labute approximate surface area is 186 Å². The summed E-state index contributed by atoms with van der Waals surface area (Å²) in [4.78, 5) is 25.7. The highest BCUT2D eigenvalue weighted by molar-refractivity contribution is 6.04. The first-order chi connectivity index (χ1) is 15.5. The molecule has 0 saturated carbocycles. The van der Waals surface area contributed by atoms with Gasteiger partial charge in [0, 0.05) is 0 Å². The van der Waals surface area contributed by atoms with E-state index in [0.29, 0.717) is 28.3 Å². The molecule has 0 spiro atoms. The Hall–Kier alpha value is -4.06. The zero-order valence-corrected chi connectivity index (χ0v) is 17.9. The van der Waals surface area contributed by atoms with Crippen molar-refractivity contribution in [3.05, 3.63) is 102 Å². The summed E-state index contributed by atoms with van der Waals surface area (Å²) in [5.41, 5.74) is 2.19. The third-order valence-electron chi connectivity index (χ3n) is 4.87. The van der Waals surface area contributed by atoms with Gasteiger partial charge in [-0.25, -0.2) is 9.59 Å². The van der Waals surface area contributed by atoms with Crippen molar-refractivity contribution >= 4 is 17.7 Å². The highest BCUT2D eigenvalue weighted by atomic mass is 16.5. The molecule has 2 amide bonds. The number of nitrogens with one attached hydrogen (secondary N) is 2. The van der Waals surface area contributed by atoms with E-state index in [1.807, 2.05) is 84.9 Å². The molecule has 6 nitrogen and oxygen atoms in total. The fourth-order valence-corrected chi connectivity index (χ4v) is 3.53. The van der Waals surface area contributed by atoms with E-state index in [4.69, 9.17) is 9.47 Å². The summed E-state index contributed by atoms with van der Waals surface area (Å²) < 4.78 is 11.5. The van der Waals surface area contributed by atoms with E-state index in [2.05, 4.69) is 10.6 Å². The van der Waals surface area contributed by atoms with Crippen LogP contribution in [0.25, 0.3) is 5.70 Å². The second-order valence-corrected chi connectivity index (χ2v) is 7.63. The Morgan fingerprint density at radius 2 is 1.53 bits per heavy atom. The third kappa shape index (κ3) is 4.81. The lowest BCUT2D eigenvalue weighted by Crippen LogP contribution is -2.45. The average molecular weight is 428 g/mol. The van der Waals surface area contributed by atoms with E-state index in [-0.39, 0.29) is 6.10 Å². The highest BCUT2D eigenvalue weighted by Gasteiger charge is 2.35. The molecule has 3 aromatic carbocycles.